The van der Waals surface area contributed by atoms with Crippen molar-refractivity contribution in [3.05, 3.63) is 53.6 Å². The van der Waals surface area contributed by atoms with E-state index in [1.807, 2.05) is 36.4 Å². The maximum Gasteiger partial charge on any atom is 0.201 e. The SMILES string of the molecule is Nc1nc2ccccc2n1CC(O)COc1ccccc1Cl. The van der Waals surface area contributed by atoms with Crippen LogP contribution in [-0.4, -0.2) is 27.4 Å². The van der Waals surface area contributed by atoms with Crippen LogP contribution < -0.4 is 10.5 Å². The molecule has 3 N–H and O–H groups in total. The summed E-state index contributed by atoms with van der Waals surface area (Å²) in [6, 6.07) is 14.8. The Balaban J connectivity index is 1.70. The fraction of sp³-hybridized carbons (Fsp3) is 0.188. The number of para-hydroxylation sites is 3. The van der Waals surface area contributed by atoms with E-state index in [9.17, 15) is 5.11 Å². The first-order chi connectivity index (χ1) is 10.6. The summed E-state index contributed by atoms with van der Waals surface area (Å²) >= 11 is 6.01. The zero-order valence-electron chi connectivity index (χ0n) is 11.8. The van der Waals surface area contributed by atoms with Gasteiger partial charge < -0.3 is 20.1 Å². The third kappa shape index (κ3) is 3.00. The standard InChI is InChI=1S/C16H16ClN3O2/c17-12-5-1-4-8-15(12)22-10-11(21)9-20-14-7-3-2-6-13(14)19-16(20)18/h1-8,11,21H,9-10H2,(H2,18,19). The Morgan fingerprint density at radius 1 is 1.18 bits per heavy atom. The number of aliphatic hydroxyl groups is 1. The minimum absolute atomic E-state index is 0.121. The maximum absolute atomic E-state index is 10.2. The van der Waals surface area contributed by atoms with Crippen LogP contribution in [0.15, 0.2) is 48.5 Å². The summed E-state index contributed by atoms with van der Waals surface area (Å²) in [6.45, 7) is 0.423. The molecule has 2 aromatic carbocycles. The fourth-order valence-corrected chi connectivity index (χ4v) is 2.49. The lowest BCUT2D eigenvalue weighted by Gasteiger charge is -2.15. The average Bonchev–Trinajstić information content (AvgIpc) is 2.83. The Labute approximate surface area is 132 Å². The number of aliphatic hydroxyl groups excluding tert-OH is 1. The summed E-state index contributed by atoms with van der Waals surface area (Å²) < 4.78 is 7.32. The quantitative estimate of drug-likeness (QED) is 0.759. The van der Waals surface area contributed by atoms with E-state index in [1.165, 1.54) is 0 Å². The van der Waals surface area contributed by atoms with Gasteiger partial charge in [0.1, 0.15) is 18.5 Å². The van der Waals surface area contributed by atoms with Gasteiger partial charge in [-0.25, -0.2) is 4.98 Å². The van der Waals surface area contributed by atoms with Crippen LogP contribution in [0, 0.1) is 0 Å². The summed E-state index contributed by atoms with van der Waals surface area (Å²) in [5.74, 6) is 0.921. The molecule has 1 heterocycles. The summed E-state index contributed by atoms with van der Waals surface area (Å²) in [7, 11) is 0. The average molecular weight is 318 g/mol. The molecule has 0 amide bonds. The number of imidazole rings is 1. The third-order valence-electron chi connectivity index (χ3n) is 3.35. The highest BCUT2D eigenvalue weighted by Crippen LogP contribution is 2.23. The number of nitrogens with zero attached hydrogens (tertiary/aromatic N) is 2. The molecule has 0 aliphatic carbocycles. The summed E-state index contributed by atoms with van der Waals surface area (Å²) in [6.07, 6.45) is -0.726. The van der Waals surface area contributed by atoms with Crippen LogP contribution in [-0.2, 0) is 6.54 Å². The van der Waals surface area contributed by atoms with Crippen molar-refractivity contribution in [1.82, 2.24) is 9.55 Å². The lowest BCUT2D eigenvalue weighted by atomic mass is 10.3. The van der Waals surface area contributed by atoms with Crippen LogP contribution >= 0.6 is 11.6 Å². The highest BCUT2D eigenvalue weighted by atomic mass is 35.5. The Hall–Kier alpha value is -2.24. The topological polar surface area (TPSA) is 73.3 Å². The van der Waals surface area contributed by atoms with Crippen molar-refractivity contribution < 1.29 is 9.84 Å². The van der Waals surface area contributed by atoms with Gasteiger partial charge in [0.25, 0.3) is 0 Å². The molecular weight excluding hydrogens is 302 g/mol. The van der Waals surface area contributed by atoms with Crippen LogP contribution in [0.25, 0.3) is 11.0 Å². The monoisotopic (exact) mass is 317 g/mol. The van der Waals surface area contributed by atoms with Gasteiger partial charge in [-0.05, 0) is 24.3 Å². The van der Waals surface area contributed by atoms with E-state index in [4.69, 9.17) is 22.1 Å². The number of halogens is 1. The van der Waals surface area contributed by atoms with Crippen molar-refractivity contribution in [1.29, 1.82) is 0 Å². The number of benzene rings is 2. The molecule has 0 fully saturated rings. The molecule has 0 bridgehead atoms. The second-order valence-electron chi connectivity index (χ2n) is 4.96. The molecular formula is C16H16ClN3O2. The zero-order valence-corrected chi connectivity index (χ0v) is 12.6. The lowest BCUT2D eigenvalue weighted by molar-refractivity contribution is 0.0940. The predicted molar refractivity (Wildman–Crippen MR) is 87.1 cm³/mol. The van der Waals surface area contributed by atoms with E-state index < -0.39 is 6.10 Å². The summed E-state index contributed by atoms with van der Waals surface area (Å²) in [5, 5.41) is 10.7. The maximum atomic E-state index is 10.2. The number of rotatable bonds is 5. The van der Waals surface area contributed by atoms with E-state index in [0.717, 1.165) is 11.0 Å². The first-order valence-corrected chi connectivity index (χ1v) is 7.29. The van der Waals surface area contributed by atoms with E-state index in [-0.39, 0.29) is 6.61 Å². The molecule has 3 rings (SSSR count). The van der Waals surface area contributed by atoms with Gasteiger partial charge in [-0.3, -0.25) is 0 Å². The first-order valence-electron chi connectivity index (χ1n) is 6.91. The molecule has 0 radical (unpaired) electrons. The molecule has 6 heteroatoms. The van der Waals surface area contributed by atoms with Crippen molar-refractivity contribution in [3.63, 3.8) is 0 Å². The number of nitrogen functional groups attached to an aromatic ring is 1. The van der Waals surface area contributed by atoms with Crippen LogP contribution in [0.1, 0.15) is 0 Å². The normalized spacial score (nSPS) is 12.5. The Bertz CT molecular complexity index is 788. The van der Waals surface area contributed by atoms with Gasteiger partial charge >= 0.3 is 0 Å². The van der Waals surface area contributed by atoms with Gasteiger partial charge in [0.15, 0.2) is 0 Å². The molecule has 0 spiro atoms. The smallest absolute Gasteiger partial charge is 0.201 e. The lowest BCUT2D eigenvalue weighted by Crippen LogP contribution is -2.24. The van der Waals surface area contributed by atoms with Crippen LogP contribution in [0.4, 0.5) is 5.95 Å². The number of aromatic nitrogens is 2. The van der Waals surface area contributed by atoms with Gasteiger partial charge in [-0.15, -0.1) is 0 Å². The molecule has 1 unspecified atom stereocenters. The first kappa shape index (κ1) is 14.7. The van der Waals surface area contributed by atoms with Crippen molar-refractivity contribution in [3.8, 4) is 5.75 Å². The van der Waals surface area contributed by atoms with Crippen LogP contribution in [0.5, 0.6) is 5.75 Å². The molecule has 0 saturated heterocycles. The largest absolute Gasteiger partial charge is 0.489 e. The van der Waals surface area contributed by atoms with Crippen molar-refractivity contribution in [2.75, 3.05) is 12.3 Å². The van der Waals surface area contributed by atoms with E-state index in [2.05, 4.69) is 4.98 Å². The van der Waals surface area contributed by atoms with E-state index in [0.29, 0.717) is 23.3 Å². The number of fused-ring (bicyclic) bond motifs is 1. The number of anilines is 1. The fourth-order valence-electron chi connectivity index (χ4n) is 2.30. The van der Waals surface area contributed by atoms with Crippen molar-refractivity contribution >= 4 is 28.6 Å². The Morgan fingerprint density at radius 3 is 2.73 bits per heavy atom. The highest BCUT2D eigenvalue weighted by molar-refractivity contribution is 6.32. The Morgan fingerprint density at radius 2 is 1.91 bits per heavy atom. The molecule has 114 valence electrons. The minimum atomic E-state index is -0.726. The molecule has 0 aliphatic heterocycles. The second kappa shape index (κ2) is 6.25. The molecule has 3 aromatic rings. The van der Waals surface area contributed by atoms with Gasteiger partial charge in [-0.1, -0.05) is 35.9 Å². The molecule has 0 saturated carbocycles. The van der Waals surface area contributed by atoms with Crippen molar-refractivity contribution in [2.45, 2.75) is 12.6 Å². The molecule has 22 heavy (non-hydrogen) atoms. The van der Waals surface area contributed by atoms with Gasteiger partial charge in [-0.2, -0.15) is 0 Å². The van der Waals surface area contributed by atoms with Gasteiger partial charge in [0, 0.05) is 0 Å². The number of hydrogen-bond donors (Lipinski definition) is 2. The van der Waals surface area contributed by atoms with Crippen molar-refractivity contribution in [2.24, 2.45) is 0 Å². The number of hydrogen-bond acceptors (Lipinski definition) is 4. The molecule has 5 nitrogen and oxygen atoms in total. The molecule has 1 aromatic heterocycles. The van der Waals surface area contributed by atoms with E-state index >= 15 is 0 Å². The second-order valence-corrected chi connectivity index (χ2v) is 5.37. The minimum Gasteiger partial charge on any atom is -0.489 e. The van der Waals surface area contributed by atoms with Crippen LogP contribution in [0.2, 0.25) is 5.02 Å². The Kier molecular flexibility index (Phi) is 4.18. The van der Waals surface area contributed by atoms with Gasteiger partial charge in [0.05, 0.1) is 22.6 Å². The highest BCUT2D eigenvalue weighted by Gasteiger charge is 2.13. The number of nitrogens with two attached hydrogens (primary N) is 1. The summed E-state index contributed by atoms with van der Waals surface area (Å²) in [5.41, 5.74) is 7.60. The predicted octanol–water partition coefficient (Wildman–Crippen LogP) is 2.71. The zero-order chi connectivity index (χ0) is 15.5. The number of ether oxygens (including phenoxy) is 1. The van der Waals surface area contributed by atoms with Crippen LogP contribution in [0.3, 0.4) is 0 Å². The summed E-state index contributed by atoms with van der Waals surface area (Å²) in [4.78, 5) is 4.27. The molecule has 1 atom stereocenters. The van der Waals surface area contributed by atoms with Gasteiger partial charge in [0.2, 0.25) is 5.95 Å². The molecule has 0 aliphatic rings. The van der Waals surface area contributed by atoms with E-state index in [1.54, 1.807) is 16.7 Å². The third-order valence-corrected chi connectivity index (χ3v) is 3.66.